The number of aromatic nitrogens is 3. The van der Waals surface area contributed by atoms with Crippen LogP contribution < -0.4 is 11.1 Å². The van der Waals surface area contributed by atoms with E-state index >= 15 is 0 Å². The van der Waals surface area contributed by atoms with Crippen molar-refractivity contribution in [2.24, 2.45) is 5.16 Å². The van der Waals surface area contributed by atoms with E-state index in [1.54, 1.807) is 5.38 Å². The number of aliphatic carboxylic acids is 1. The lowest BCUT2D eigenvalue weighted by atomic mass is 10.0. The predicted molar refractivity (Wildman–Crippen MR) is 146 cm³/mol. The van der Waals surface area contributed by atoms with Crippen LogP contribution in [-0.4, -0.2) is 78.7 Å². The standard InChI is InChI=1S/C22H19N7O5S4/c1-34-28-13(12-9-36-21(23)24-12)16(30)25-14-18(31)29-15(20(32)33)11(7-35-19(14)29)8-37-22-27-26-17(38-22)10-5-3-2-4-6-10/h2-6,9,14,19H,7-8H2,1H3,(H2,23,24)(H,25,30)(H,32,33)/t14-,19+/m1/s1. The molecule has 2 amide bonds. The molecule has 4 N–H and O–H groups in total. The number of carboxylic acid groups (broad SMARTS) is 1. The number of β-lactam (4-membered cyclic amide) rings is 1. The van der Waals surface area contributed by atoms with Gasteiger partial charge in [0.25, 0.3) is 11.8 Å². The molecule has 12 nitrogen and oxygen atoms in total. The van der Waals surface area contributed by atoms with Gasteiger partial charge in [-0.25, -0.2) is 9.78 Å². The zero-order valence-corrected chi connectivity index (χ0v) is 22.8. The fraction of sp³-hybridized carbons (Fsp3) is 0.227. The first-order chi connectivity index (χ1) is 18.4. The molecule has 2 atom stereocenters. The van der Waals surface area contributed by atoms with E-state index in [1.807, 2.05) is 30.3 Å². The number of carbonyl (C=O) groups is 3. The fourth-order valence-electron chi connectivity index (χ4n) is 3.81. The minimum Gasteiger partial charge on any atom is -0.477 e. The van der Waals surface area contributed by atoms with Gasteiger partial charge >= 0.3 is 5.97 Å². The number of thiazole rings is 1. The van der Waals surface area contributed by atoms with Gasteiger partial charge in [0.05, 0.1) is 0 Å². The van der Waals surface area contributed by atoms with Gasteiger partial charge in [0.15, 0.2) is 15.2 Å². The molecule has 0 bridgehead atoms. The molecule has 0 aliphatic carbocycles. The number of oxime groups is 1. The molecule has 2 aromatic heterocycles. The first-order valence-electron chi connectivity index (χ1n) is 10.9. The highest BCUT2D eigenvalue weighted by Crippen LogP contribution is 2.42. The molecule has 1 aromatic carbocycles. The molecule has 5 rings (SSSR count). The number of benzene rings is 1. The van der Waals surface area contributed by atoms with E-state index in [-0.39, 0.29) is 22.2 Å². The lowest BCUT2D eigenvalue weighted by Gasteiger charge is -2.49. The van der Waals surface area contributed by atoms with Gasteiger partial charge in [0.1, 0.15) is 34.9 Å². The minimum absolute atomic E-state index is 0.0670. The average molecular weight is 590 g/mol. The molecular weight excluding hydrogens is 571 g/mol. The summed E-state index contributed by atoms with van der Waals surface area (Å²) in [7, 11) is 1.28. The van der Waals surface area contributed by atoms with E-state index in [9.17, 15) is 19.5 Å². The number of nitrogens with two attached hydrogens (primary N) is 1. The molecule has 0 radical (unpaired) electrons. The number of amides is 2. The number of hydrogen-bond donors (Lipinski definition) is 3. The molecule has 0 saturated carbocycles. The molecule has 3 aromatic rings. The van der Waals surface area contributed by atoms with Crippen molar-refractivity contribution in [3.05, 3.63) is 52.7 Å². The van der Waals surface area contributed by atoms with Crippen molar-refractivity contribution in [1.29, 1.82) is 0 Å². The van der Waals surface area contributed by atoms with Crippen LogP contribution in [-0.2, 0) is 19.2 Å². The van der Waals surface area contributed by atoms with Gasteiger partial charge in [-0.15, -0.1) is 33.3 Å². The number of carbonyl (C=O) groups excluding carboxylic acids is 2. The summed E-state index contributed by atoms with van der Waals surface area (Å²) in [6.45, 7) is 0. The highest BCUT2D eigenvalue weighted by Gasteiger charge is 2.54. The average Bonchev–Trinajstić information content (AvgIpc) is 3.58. The van der Waals surface area contributed by atoms with Crippen LogP contribution in [0.4, 0.5) is 5.13 Å². The maximum atomic E-state index is 13.0. The highest BCUT2D eigenvalue weighted by atomic mass is 32.2. The van der Waals surface area contributed by atoms with E-state index in [1.165, 1.54) is 46.9 Å². The fourth-order valence-corrected chi connectivity index (χ4v) is 7.70. The maximum Gasteiger partial charge on any atom is 0.352 e. The second-order valence-electron chi connectivity index (χ2n) is 7.84. The third kappa shape index (κ3) is 5.11. The number of thioether (sulfide) groups is 2. The van der Waals surface area contributed by atoms with Gasteiger partial charge in [-0.3, -0.25) is 14.5 Å². The first kappa shape index (κ1) is 26.1. The molecule has 38 heavy (non-hydrogen) atoms. The number of hydrogen-bond acceptors (Lipinski definition) is 13. The number of rotatable bonds is 9. The topological polar surface area (TPSA) is 173 Å². The Balaban J connectivity index is 1.28. The van der Waals surface area contributed by atoms with Crippen molar-refractivity contribution in [3.63, 3.8) is 0 Å². The summed E-state index contributed by atoms with van der Waals surface area (Å²) in [6.07, 6.45) is 0. The Morgan fingerprint density at radius 3 is 2.79 bits per heavy atom. The van der Waals surface area contributed by atoms with Gasteiger partial charge in [0.2, 0.25) is 0 Å². The Morgan fingerprint density at radius 1 is 1.32 bits per heavy atom. The van der Waals surface area contributed by atoms with E-state index in [0.29, 0.717) is 21.4 Å². The molecule has 4 heterocycles. The van der Waals surface area contributed by atoms with Crippen LogP contribution in [0, 0.1) is 0 Å². The number of nitrogen functional groups attached to an aromatic ring is 1. The van der Waals surface area contributed by atoms with E-state index in [0.717, 1.165) is 21.9 Å². The van der Waals surface area contributed by atoms with Crippen LogP contribution >= 0.6 is 46.2 Å². The minimum atomic E-state index is -1.20. The lowest BCUT2D eigenvalue weighted by molar-refractivity contribution is -0.150. The molecule has 1 fully saturated rings. The summed E-state index contributed by atoms with van der Waals surface area (Å²) < 4.78 is 0.695. The smallest absolute Gasteiger partial charge is 0.352 e. The second-order valence-corrected chi connectivity index (χ2v) is 12.0. The predicted octanol–water partition coefficient (Wildman–Crippen LogP) is 2.13. The van der Waals surface area contributed by atoms with E-state index < -0.39 is 29.2 Å². The zero-order chi connectivity index (χ0) is 26.8. The molecule has 2 aliphatic rings. The van der Waals surface area contributed by atoms with Gasteiger partial charge in [-0.1, -0.05) is 58.6 Å². The Kier molecular flexibility index (Phi) is 7.64. The molecule has 16 heteroatoms. The summed E-state index contributed by atoms with van der Waals surface area (Å²) in [5, 5.41) is 26.7. The largest absolute Gasteiger partial charge is 0.477 e. The summed E-state index contributed by atoms with van der Waals surface area (Å²) >= 11 is 5.29. The third-order valence-corrected chi connectivity index (χ3v) is 9.70. The molecule has 2 aliphatic heterocycles. The van der Waals surface area contributed by atoms with Crippen LogP contribution in [0.15, 0.2) is 56.5 Å². The first-order valence-corrected chi connectivity index (χ1v) is 14.7. The quantitative estimate of drug-likeness (QED) is 0.144. The SMILES string of the molecule is CON=C(C(=O)N[C@@H]1C(=O)N2C(C(=O)O)=C(CSc3nnc(-c4ccccc4)s3)CS[C@@H]12)c1csc(N)n1. The summed E-state index contributed by atoms with van der Waals surface area (Å²) in [5.74, 6) is -1.69. The van der Waals surface area contributed by atoms with Crippen molar-refractivity contribution < 1.29 is 24.3 Å². The van der Waals surface area contributed by atoms with Gasteiger partial charge in [-0.05, 0) is 5.57 Å². The summed E-state index contributed by atoms with van der Waals surface area (Å²) in [6, 6.07) is 8.72. The van der Waals surface area contributed by atoms with Gasteiger partial charge in [-0.2, -0.15) is 0 Å². The van der Waals surface area contributed by atoms with E-state index in [4.69, 9.17) is 10.6 Å². The Labute approximate surface area is 232 Å². The second kappa shape index (κ2) is 11.1. The molecular formula is C22H19N7O5S4. The van der Waals surface area contributed by atoms with Crippen LogP contribution in [0.1, 0.15) is 5.69 Å². The Hall–Kier alpha value is -3.47. The summed E-state index contributed by atoms with van der Waals surface area (Å²) in [4.78, 5) is 48.1. The molecule has 0 spiro atoms. The highest BCUT2D eigenvalue weighted by molar-refractivity contribution is 8.01. The Morgan fingerprint density at radius 2 is 2.11 bits per heavy atom. The monoisotopic (exact) mass is 589 g/mol. The van der Waals surface area contributed by atoms with Gasteiger partial charge < -0.3 is 21.0 Å². The molecule has 0 unspecified atom stereocenters. The van der Waals surface area contributed by atoms with Crippen LogP contribution in [0.25, 0.3) is 10.6 Å². The lowest BCUT2D eigenvalue weighted by Crippen LogP contribution is -2.71. The number of carboxylic acids is 1. The maximum absolute atomic E-state index is 13.0. The Bertz CT molecular complexity index is 1450. The number of anilines is 1. The summed E-state index contributed by atoms with van der Waals surface area (Å²) in [5.41, 5.74) is 7.21. The van der Waals surface area contributed by atoms with E-state index in [2.05, 4.69) is 25.7 Å². The van der Waals surface area contributed by atoms with Crippen molar-refractivity contribution in [3.8, 4) is 10.6 Å². The number of fused-ring (bicyclic) bond motifs is 1. The zero-order valence-electron chi connectivity index (χ0n) is 19.6. The normalized spacial score (nSPS) is 19.1. The third-order valence-electron chi connectivity index (χ3n) is 5.50. The molecule has 196 valence electrons. The van der Waals surface area contributed by atoms with Crippen molar-refractivity contribution in [2.75, 3.05) is 24.3 Å². The van der Waals surface area contributed by atoms with Crippen LogP contribution in [0.5, 0.6) is 0 Å². The van der Waals surface area contributed by atoms with Crippen molar-refractivity contribution in [1.82, 2.24) is 25.4 Å². The van der Waals surface area contributed by atoms with Crippen LogP contribution in [0.3, 0.4) is 0 Å². The number of nitrogens with zero attached hydrogens (tertiary/aromatic N) is 5. The van der Waals surface area contributed by atoms with Crippen molar-refractivity contribution in [2.45, 2.75) is 15.8 Å². The number of nitrogens with one attached hydrogen (secondary N) is 1. The van der Waals surface area contributed by atoms with Gasteiger partial charge in [0, 0.05) is 22.4 Å². The van der Waals surface area contributed by atoms with Crippen molar-refractivity contribution >= 4 is 74.8 Å². The van der Waals surface area contributed by atoms with Crippen LogP contribution in [0.2, 0.25) is 0 Å². The molecule has 1 saturated heterocycles.